The second-order valence-corrected chi connectivity index (χ2v) is 5.86. The number of carbonyl (C=O) groups excluding carboxylic acids is 1. The molecule has 2 heterocycles. The van der Waals surface area contributed by atoms with Crippen molar-refractivity contribution in [1.82, 2.24) is 15.3 Å². The average Bonchev–Trinajstić information content (AvgIpc) is 2.98. The summed E-state index contributed by atoms with van der Waals surface area (Å²) in [4.78, 5) is 21.8. The molecule has 1 aromatic heterocycles. The molecular weight excluding hydrogens is 295 g/mol. The number of rotatable bonds is 3. The highest BCUT2D eigenvalue weighted by atomic mass is 19.1. The number of benzene rings is 1. The number of anilines is 1. The monoisotopic (exact) mass is 314 g/mol. The van der Waals surface area contributed by atoms with Crippen LogP contribution in [0.2, 0.25) is 0 Å². The lowest BCUT2D eigenvalue weighted by atomic mass is 10.1. The van der Waals surface area contributed by atoms with Crippen LogP contribution in [0.1, 0.15) is 18.9 Å². The average molecular weight is 314 g/mol. The molecule has 5 nitrogen and oxygen atoms in total. The van der Waals surface area contributed by atoms with Gasteiger partial charge in [-0.25, -0.2) is 14.4 Å². The van der Waals surface area contributed by atoms with Crippen molar-refractivity contribution in [2.24, 2.45) is 0 Å². The first-order chi connectivity index (χ1) is 11.0. The number of halogens is 1. The molecule has 0 radical (unpaired) electrons. The van der Waals surface area contributed by atoms with E-state index in [2.05, 4.69) is 20.2 Å². The molecule has 6 heteroatoms. The molecule has 0 spiro atoms. The fourth-order valence-corrected chi connectivity index (χ4v) is 2.80. The van der Waals surface area contributed by atoms with Crippen LogP contribution in [0.25, 0.3) is 11.3 Å². The zero-order chi connectivity index (χ0) is 16.4. The number of aryl methyl sites for hydroxylation is 1. The van der Waals surface area contributed by atoms with Crippen molar-refractivity contribution in [2.75, 3.05) is 18.0 Å². The Morgan fingerprint density at radius 2 is 2.17 bits per heavy atom. The van der Waals surface area contributed by atoms with Gasteiger partial charge in [0.25, 0.3) is 0 Å². The van der Waals surface area contributed by atoms with Gasteiger partial charge in [-0.2, -0.15) is 0 Å². The predicted molar refractivity (Wildman–Crippen MR) is 86.6 cm³/mol. The third-order valence-corrected chi connectivity index (χ3v) is 4.04. The summed E-state index contributed by atoms with van der Waals surface area (Å²) < 4.78 is 13.7. The summed E-state index contributed by atoms with van der Waals surface area (Å²) in [6, 6.07) is 7.10. The first-order valence-corrected chi connectivity index (χ1v) is 7.63. The van der Waals surface area contributed by atoms with Gasteiger partial charge in [0.05, 0.1) is 5.69 Å². The molecule has 23 heavy (non-hydrogen) atoms. The van der Waals surface area contributed by atoms with Gasteiger partial charge < -0.3 is 10.2 Å². The molecule has 1 fully saturated rings. The Balaban J connectivity index is 1.80. The van der Waals surface area contributed by atoms with E-state index in [4.69, 9.17) is 0 Å². The summed E-state index contributed by atoms with van der Waals surface area (Å²) in [5, 5.41) is 2.93. The first kappa shape index (κ1) is 15.4. The van der Waals surface area contributed by atoms with E-state index in [-0.39, 0.29) is 17.8 Å². The Labute approximate surface area is 134 Å². The van der Waals surface area contributed by atoms with E-state index >= 15 is 0 Å². The molecule has 0 saturated carbocycles. The number of aromatic nitrogens is 2. The number of nitrogens with one attached hydrogen (secondary N) is 1. The summed E-state index contributed by atoms with van der Waals surface area (Å²) in [5.41, 5.74) is 2.03. The Bertz CT molecular complexity index is 734. The maximum Gasteiger partial charge on any atom is 0.217 e. The zero-order valence-electron chi connectivity index (χ0n) is 13.2. The van der Waals surface area contributed by atoms with Gasteiger partial charge in [-0.3, -0.25) is 4.79 Å². The molecule has 3 rings (SSSR count). The van der Waals surface area contributed by atoms with Crippen LogP contribution in [0.3, 0.4) is 0 Å². The van der Waals surface area contributed by atoms with Crippen molar-refractivity contribution in [3.8, 4) is 11.3 Å². The van der Waals surface area contributed by atoms with Crippen LogP contribution < -0.4 is 10.2 Å². The van der Waals surface area contributed by atoms with Gasteiger partial charge in [-0.05, 0) is 25.0 Å². The van der Waals surface area contributed by atoms with Gasteiger partial charge in [0.15, 0.2) is 0 Å². The van der Waals surface area contributed by atoms with Gasteiger partial charge in [0, 0.05) is 37.7 Å². The molecular formula is C17H19FN4O. The van der Waals surface area contributed by atoms with Gasteiger partial charge in [0.2, 0.25) is 5.91 Å². The van der Waals surface area contributed by atoms with Crippen LogP contribution in [0.15, 0.2) is 30.6 Å². The molecule has 2 aromatic rings. The lowest BCUT2D eigenvalue weighted by molar-refractivity contribution is -0.119. The minimum absolute atomic E-state index is 0.0182. The molecule has 1 saturated heterocycles. The van der Waals surface area contributed by atoms with Gasteiger partial charge in [-0.15, -0.1) is 0 Å². The normalized spacial score (nSPS) is 17.3. The van der Waals surface area contributed by atoms with Crippen molar-refractivity contribution in [3.63, 3.8) is 0 Å². The lowest BCUT2D eigenvalue weighted by Crippen LogP contribution is -2.35. The number of hydrogen-bond donors (Lipinski definition) is 1. The summed E-state index contributed by atoms with van der Waals surface area (Å²) in [7, 11) is 0. The molecule has 1 unspecified atom stereocenters. The van der Waals surface area contributed by atoms with Gasteiger partial charge in [-0.1, -0.05) is 12.1 Å². The summed E-state index contributed by atoms with van der Waals surface area (Å²) in [6.45, 7) is 4.80. The predicted octanol–water partition coefficient (Wildman–Crippen LogP) is 2.31. The standard InChI is InChI=1S/C17H19FN4O/c1-11-3-4-13(7-15(11)18)16-8-17(20-10-19-16)22-6-5-14(9-22)21-12(2)23/h3-4,7-8,10,14H,5-6,9H2,1-2H3,(H,21,23). The first-order valence-electron chi connectivity index (χ1n) is 7.63. The molecule has 0 bridgehead atoms. The summed E-state index contributed by atoms with van der Waals surface area (Å²) >= 11 is 0. The minimum Gasteiger partial charge on any atom is -0.354 e. The maximum absolute atomic E-state index is 13.7. The van der Waals surface area contributed by atoms with E-state index in [9.17, 15) is 9.18 Å². The highest BCUT2D eigenvalue weighted by molar-refractivity contribution is 5.73. The second kappa shape index (κ2) is 6.32. The molecule has 1 aliphatic heterocycles. The quantitative estimate of drug-likeness (QED) is 0.944. The van der Waals surface area contributed by atoms with Crippen molar-refractivity contribution < 1.29 is 9.18 Å². The van der Waals surface area contributed by atoms with E-state index in [0.29, 0.717) is 11.3 Å². The maximum atomic E-state index is 13.7. The second-order valence-electron chi connectivity index (χ2n) is 5.86. The third kappa shape index (κ3) is 3.47. The Morgan fingerprint density at radius 1 is 1.35 bits per heavy atom. The molecule has 120 valence electrons. The Kier molecular flexibility index (Phi) is 4.23. The zero-order valence-corrected chi connectivity index (χ0v) is 13.2. The SMILES string of the molecule is CC(=O)NC1CCN(c2cc(-c3ccc(C)c(F)c3)ncn2)C1. The van der Waals surface area contributed by atoms with Crippen LogP contribution in [-0.4, -0.2) is 35.0 Å². The largest absolute Gasteiger partial charge is 0.354 e. The van der Waals surface area contributed by atoms with E-state index in [1.165, 1.54) is 19.3 Å². The lowest BCUT2D eigenvalue weighted by Gasteiger charge is -2.18. The van der Waals surface area contributed by atoms with Crippen molar-refractivity contribution in [1.29, 1.82) is 0 Å². The summed E-state index contributed by atoms with van der Waals surface area (Å²) in [5.74, 6) is 0.536. The minimum atomic E-state index is -0.241. The van der Waals surface area contributed by atoms with E-state index in [0.717, 1.165) is 30.9 Å². The van der Waals surface area contributed by atoms with Gasteiger partial charge in [0.1, 0.15) is 18.0 Å². The molecule has 1 N–H and O–H groups in total. The number of carbonyl (C=O) groups is 1. The molecule has 1 amide bonds. The Morgan fingerprint density at radius 3 is 2.91 bits per heavy atom. The van der Waals surface area contributed by atoms with Crippen molar-refractivity contribution >= 4 is 11.7 Å². The van der Waals surface area contributed by atoms with Crippen LogP contribution in [0.4, 0.5) is 10.2 Å². The van der Waals surface area contributed by atoms with Crippen LogP contribution in [0.5, 0.6) is 0 Å². The van der Waals surface area contributed by atoms with Crippen LogP contribution in [-0.2, 0) is 4.79 Å². The van der Waals surface area contributed by atoms with Crippen molar-refractivity contribution in [3.05, 3.63) is 42.0 Å². The van der Waals surface area contributed by atoms with Crippen molar-refractivity contribution in [2.45, 2.75) is 26.3 Å². The smallest absolute Gasteiger partial charge is 0.217 e. The van der Waals surface area contributed by atoms with E-state index < -0.39 is 0 Å². The number of nitrogens with zero attached hydrogens (tertiary/aromatic N) is 3. The fraction of sp³-hybridized carbons (Fsp3) is 0.353. The molecule has 1 atom stereocenters. The third-order valence-electron chi connectivity index (χ3n) is 4.04. The molecule has 0 aliphatic carbocycles. The number of amides is 1. The van der Waals surface area contributed by atoms with E-state index in [1.54, 1.807) is 13.0 Å². The van der Waals surface area contributed by atoms with E-state index in [1.807, 2.05) is 12.1 Å². The highest BCUT2D eigenvalue weighted by Gasteiger charge is 2.24. The Hall–Kier alpha value is -2.50. The van der Waals surface area contributed by atoms with Crippen LogP contribution in [0, 0.1) is 12.7 Å². The van der Waals surface area contributed by atoms with Gasteiger partial charge >= 0.3 is 0 Å². The summed E-state index contributed by atoms with van der Waals surface area (Å²) in [6.07, 6.45) is 2.38. The van der Waals surface area contributed by atoms with Crippen LogP contribution >= 0.6 is 0 Å². The topological polar surface area (TPSA) is 58.1 Å². The highest BCUT2D eigenvalue weighted by Crippen LogP contribution is 2.24. The molecule has 1 aliphatic rings. The number of hydrogen-bond acceptors (Lipinski definition) is 4. The fourth-order valence-electron chi connectivity index (χ4n) is 2.80. The molecule has 1 aromatic carbocycles.